The van der Waals surface area contributed by atoms with E-state index in [2.05, 4.69) is 15.6 Å². The van der Waals surface area contributed by atoms with Crippen LogP contribution in [0.25, 0.3) is 10.9 Å². The lowest BCUT2D eigenvalue weighted by Crippen LogP contribution is -2.44. The summed E-state index contributed by atoms with van der Waals surface area (Å²) < 4.78 is 11.2. The minimum absolute atomic E-state index is 0.126. The van der Waals surface area contributed by atoms with E-state index < -0.39 is 0 Å². The molecule has 2 aromatic rings. The molecule has 1 saturated heterocycles. The molecule has 128 valence electrons. The van der Waals surface area contributed by atoms with Crippen molar-refractivity contribution in [2.24, 2.45) is 0 Å². The summed E-state index contributed by atoms with van der Waals surface area (Å²) in [5.74, 6) is 0.357. The zero-order valence-electron chi connectivity index (χ0n) is 14.0. The molecule has 0 spiro atoms. The van der Waals surface area contributed by atoms with Crippen molar-refractivity contribution in [3.63, 3.8) is 0 Å². The first kappa shape index (κ1) is 16.7. The SMILES string of the molecule is COc1ccc2cccnc2c1C(=O)NCCC1CNCC(C)O1. The van der Waals surface area contributed by atoms with E-state index in [1.54, 1.807) is 19.4 Å². The van der Waals surface area contributed by atoms with Gasteiger partial charge in [0.15, 0.2) is 0 Å². The van der Waals surface area contributed by atoms with Crippen LogP contribution in [-0.4, -0.2) is 49.8 Å². The van der Waals surface area contributed by atoms with Crippen molar-refractivity contribution in [3.05, 3.63) is 36.0 Å². The second-order valence-electron chi connectivity index (χ2n) is 5.99. The number of benzene rings is 1. The lowest BCUT2D eigenvalue weighted by molar-refractivity contribution is -0.0301. The Labute approximate surface area is 141 Å². The van der Waals surface area contributed by atoms with Gasteiger partial charge >= 0.3 is 0 Å². The van der Waals surface area contributed by atoms with Gasteiger partial charge in [0.25, 0.3) is 5.91 Å². The molecular weight excluding hydrogens is 306 g/mol. The van der Waals surface area contributed by atoms with E-state index in [-0.39, 0.29) is 18.1 Å². The lowest BCUT2D eigenvalue weighted by Gasteiger charge is -2.28. The first-order valence-electron chi connectivity index (χ1n) is 8.25. The molecule has 0 radical (unpaired) electrons. The number of hydrogen-bond acceptors (Lipinski definition) is 5. The second-order valence-corrected chi connectivity index (χ2v) is 5.99. The highest BCUT2D eigenvalue weighted by Crippen LogP contribution is 2.26. The molecule has 0 saturated carbocycles. The van der Waals surface area contributed by atoms with Crippen molar-refractivity contribution in [3.8, 4) is 5.75 Å². The van der Waals surface area contributed by atoms with Gasteiger partial charge in [-0.05, 0) is 31.5 Å². The molecule has 1 fully saturated rings. The van der Waals surface area contributed by atoms with E-state index in [4.69, 9.17) is 9.47 Å². The van der Waals surface area contributed by atoms with Crippen molar-refractivity contribution < 1.29 is 14.3 Å². The van der Waals surface area contributed by atoms with E-state index in [0.717, 1.165) is 24.9 Å². The molecule has 1 amide bonds. The van der Waals surface area contributed by atoms with E-state index in [1.807, 2.05) is 25.1 Å². The molecule has 3 rings (SSSR count). The van der Waals surface area contributed by atoms with E-state index in [0.29, 0.717) is 23.4 Å². The molecule has 1 aliphatic heterocycles. The van der Waals surface area contributed by atoms with Gasteiger partial charge in [-0.1, -0.05) is 6.07 Å². The van der Waals surface area contributed by atoms with Crippen molar-refractivity contribution >= 4 is 16.8 Å². The Bertz CT molecular complexity index is 720. The van der Waals surface area contributed by atoms with Gasteiger partial charge in [-0.3, -0.25) is 9.78 Å². The van der Waals surface area contributed by atoms with Gasteiger partial charge < -0.3 is 20.1 Å². The number of carbonyl (C=O) groups excluding carboxylic acids is 1. The standard InChI is InChI=1S/C18H23N3O3/c1-12-10-19-11-14(24-12)7-9-21-18(22)16-15(23-2)6-5-13-4-3-8-20-17(13)16/h3-6,8,12,14,19H,7,9-11H2,1-2H3,(H,21,22). The molecule has 6 nitrogen and oxygen atoms in total. The molecule has 6 heteroatoms. The van der Waals surface area contributed by atoms with Gasteiger partial charge in [-0.15, -0.1) is 0 Å². The first-order chi connectivity index (χ1) is 11.7. The summed E-state index contributed by atoms with van der Waals surface area (Å²) in [5, 5.41) is 7.20. The Kier molecular flexibility index (Phi) is 5.27. The lowest BCUT2D eigenvalue weighted by atomic mass is 10.1. The summed E-state index contributed by atoms with van der Waals surface area (Å²) >= 11 is 0. The van der Waals surface area contributed by atoms with E-state index >= 15 is 0 Å². The van der Waals surface area contributed by atoms with Crippen LogP contribution in [0.1, 0.15) is 23.7 Å². The number of fused-ring (bicyclic) bond motifs is 1. The van der Waals surface area contributed by atoms with Crippen LogP contribution in [0.4, 0.5) is 0 Å². The van der Waals surface area contributed by atoms with Crippen molar-refractivity contribution in [1.82, 2.24) is 15.6 Å². The number of rotatable bonds is 5. The van der Waals surface area contributed by atoms with E-state index in [1.165, 1.54) is 0 Å². The quantitative estimate of drug-likeness (QED) is 0.874. The van der Waals surface area contributed by atoms with Crippen molar-refractivity contribution in [1.29, 1.82) is 0 Å². The maximum atomic E-state index is 12.7. The molecule has 0 bridgehead atoms. The van der Waals surface area contributed by atoms with Crippen LogP contribution in [0.3, 0.4) is 0 Å². The number of methoxy groups -OCH3 is 1. The molecule has 1 aromatic heterocycles. The van der Waals surface area contributed by atoms with Crippen LogP contribution in [0, 0.1) is 0 Å². The largest absolute Gasteiger partial charge is 0.496 e. The summed E-state index contributed by atoms with van der Waals surface area (Å²) in [7, 11) is 1.56. The third-order valence-electron chi connectivity index (χ3n) is 4.16. The zero-order valence-corrected chi connectivity index (χ0v) is 14.0. The molecule has 2 atom stereocenters. The van der Waals surface area contributed by atoms with Gasteiger partial charge in [0.2, 0.25) is 0 Å². The van der Waals surface area contributed by atoms with Gasteiger partial charge in [0.05, 0.1) is 24.8 Å². The molecule has 1 aromatic carbocycles. The van der Waals surface area contributed by atoms with Crippen LogP contribution in [0.15, 0.2) is 30.5 Å². The molecule has 24 heavy (non-hydrogen) atoms. The molecule has 1 aliphatic rings. The van der Waals surface area contributed by atoms with Crippen LogP contribution < -0.4 is 15.4 Å². The normalized spacial score (nSPS) is 20.8. The Morgan fingerprint density at radius 2 is 2.29 bits per heavy atom. The van der Waals surface area contributed by atoms with Crippen molar-refractivity contribution in [2.45, 2.75) is 25.6 Å². The molecule has 0 aliphatic carbocycles. The summed E-state index contributed by atoms with van der Waals surface area (Å²) in [6, 6.07) is 7.49. The average Bonchev–Trinajstić information content (AvgIpc) is 2.60. The second kappa shape index (κ2) is 7.59. The molecular formula is C18H23N3O3. The fourth-order valence-corrected chi connectivity index (χ4v) is 2.99. The maximum absolute atomic E-state index is 12.7. The Morgan fingerprint density at radius 3 is 3.08 bits per heavy atom. The fraction of sp³-hybridized carbons (Fsp3) is 0.444. The third-order valence-corrected chi connectivity index (χ3v) is 4.16. The highest BCUT2D eigenvalue weighted by atomic mass is 16.5. The maximum Gasteiger partial charge on any atom is 0.257 e. The van der Waals surface area contributed by atoms with Gasteiger partial charge in [0, 0.05) is 31.2 Å². The number of aromatic nitrogens is 1. The van der Waals surface area contributed by atoms with Crippen LogP contribution in [0.2, 0.25) is 0 Å². The van der Waals surface area contributed by atoms with Crippen LogP contribution in [0.5, 0.6) is 5.75 Å². The molecule has 2 heterocycles. The predicted octanol–water partition coefficient (Wildman–Crippen LogP) is 1.74. The number of carbonyl (C=O) groups is 1. The molecule has 2 N–H and O–H groups in total. The number of nitrogens with one attached hydrogen (secondary N) is 2. The summed E-state index contributed by atoms with van der Waals surface area (Å²) in [6.45, 7) is 4.29. The van der Waals surface area contributed by atoms with Gasteiger partial charge in [-0.25, -0.2) is 0 Å². The minimum Gasteiger partial charge on any atom is -0.496 e. The fourth-order valence-electron chi connectivity index (χ4n) is 2.99. The average molecular weight is 329 g/mol. The summed E-state index contributed by atoms with van der Waals surface area (Å²) in [4.78, 5) is 17.0. The van der Waals surface area contributed by atoms with Gasteiger partial charge in [0.1, 0.15) is 11.3 Å². The minimum atomic E-state index is -0.173. The topological polar surface area (TPSA) is 72.5 Å². The number of morpholine rings is 1. The monoisotopic (exact) mass is 329 g/mol. The molecule has 2 unspecified atom stereocenters. The predicted molar refractivity (Wildman–Crippen MR) is 92.4 cm³/mol. The highest BCUT2D eigenvalue weighted by Gasteiger charge is 2.20. The Hall–Kier alpha value is -2.18. The zero-order chi connectivity index (χ0) is 16.9. The van der Waals surface area contributed by atoms with Crippen molar-refractivity contribution in [2.75, 3.05) is 26.7 Å². The first-order valence-corrected chi connectivity index (χ1v) is 8.25. The number of nitrogens with zero attached hydrogens (tertiary/aromatic N) is 1. The number of pyridine rings is 1. The highest BCUT2D eigenvalue weighted by molar-refractivity contribution is 6.08. The summed E-state index contributed by atoms with van der Waals surface area (Å²) in [6.07, 6.45) is 2.79. The summed E-state index contributed by atoms with van der Waals surface area (Å²) in [5.41, 5.74) is 1.13. The van der Waals surface area contributed by atoms with Crippen LogP contribution in [-0.2, 0) is 4.74 Å². The Morgan fingerprint density at radius 1 is 1.42 bits per heavy atom. The number of amides is 1. The van der Waals surface area contributed by atoms with E-state index in [9.17, 15) is 4.79 Å². The number of hydrogen-bond donors (Lipinski definition) is 2. The Balaban J connectivity index is 1.69. The third kappa shape index (κ3) is 3.66. The smallest absolute Gasteiger partial charge is 0.257 e. The van der Waals surface area contributed by atoms with Crippen LogP contribution >= 0.6 is 0 Å². The number of ether oxygens (including phenoxy) is 2. The van der Waals surface area contributed by atoms with Gasteiger partial charge in [-0.2, -0.15) is 0 Å².